The summed E-state index contributed by atoms with van der Waals surface area (Å²) in [4.78, 5) is 4.59. The van der Waals surface area contributed by atoms with E-state index in [2.05, 4.69) is 39.1 Å². The smallest absolute Gasteiger partial charge is 0.231 e. The van der Waals surface area contributed by atoms with Crippen LogP contribution >= 0.6 is 12.2 Å². The van der Waals surface area contributed by atoms with Crippen LogP contribution in [-0.4, -0.2) is 30.0 Å². The van der Waals surface area contributed by atoms with Crippen molar-refractivity contribution < 1.29 is 9.47 Å². The van der Waals surface area contributed by atoms with Gasteiger partial charge in [0.1, 0.15) is 11.9 Å². The zero-order chi connectivity index (χ0) is 20.8. The van der Waals surface area contributed by atoms with Crippen molar-refractivity contribution in [2.75, 3.05) is 25.2 Å². The Morgan fingerprint density at radius 2 is 1.87 bits per heavy atom. The molecule has 7 nitrogen and oxygen atoms in total. The summed E-state index contributed by atoms with van der Waals surface area (Å²) in [6, 6.07) is 17.8. The minimum atomic E-state index is 0.205. The van der Waals surface area contributed by atoms with Crippen LogP contribution < -0.4 is 25.4 Å². The molecule has 4 rings (SSSR count). The van der Waals surface area contributed by atoms with Crippen molar-refractivity contribution in [3.8, 4) is 17.6 Å². The number of anilines is 1. The first-order valence-electron chi connectivity index (χ1n) is 9.67. The molecule has 0 unspecified atom stereocenters. The van der Waals surface area contributed by atoms with Gasteiger partial charge in [-0.15, -0.1) is 0 Å². The summed E-state index contributed by atoms with van der Waals surface area (Å²) in [5.41, 5.74) is 2.43. The van der Waals surface area contributed by atoms with Crippen molar-refractivity contribution in [1.29, 1.82) is 5.26 Å². The number of aromatic nitrogens is 1. The first kappa shape index (κ1) is 19.7. The van der Waals surface area contributed by atoms with Crippen molar-refractivity contribution in [2.24, 2.45) is 0 Å². The molecular formula is C22H21N5O2S. The molecule has 1 aliphatic rings. The fraction of sp³-hybridized carbons (Fsp3) is 0.227. The van der Waals surface area contributed by atoms with E-state index in [4.69, 9.17) is 21.7 Å². The highest BCUT2D eigenvalue weighted by atomic mass is 32.1. The fourth-order valence-corrected chi connectivity index (χ4v) is 3.30. The molecule has 30 heavy (non-hydrogen) atoms. The summed E-state index contributed by atoms with van der Waals surface area (Å²) in [7, 11) is 0. The Bertz CT molecular complexity index is 1100. The maximum Gasteiger partial charge on any atom is 0.231 e. The minimum absolute atomic E-state index is 0.205. The Kier molecular flexibility index (Phi) is 6.11. The SMILES string of the molecule is N#Cc1cc2cc3c(cc2nc1NCCCNC(=S)NCc1ccccc1)OCO3. The molecule has 152 valence electrons. The molecule has 0 amide bonds. The van der Waals surface area contributed by atoms with Crippen molar-refractivity contribution in [2.45, 2.75) is 13.0 Å². The first-order chi connectivity index (χ1) is 14.7. The predicted molar refractivity (Wildman–Crippen MR) is 120 cm³/mol. The normalized spacial score (nSPS) is 11.7. The van der Waals surface area contributed by atoms with Crippen LogP contribution in [0.3, 0.4) is 0 Å². The lowest BCUT2D eigenvalue weighted by molar-refractivity contribution is 0.174. The monoisotopic (exact) mass is 419 g/mol. The molecule has 8 heteroatoms. The van der Waals surface area contributed by atoms with Gasteiger partial charge in [0, 0.05) is 31.1 Å². The van der Waals surface area contributed by atoms with E-state index in [0.29, 0.717) is 47.6 Å². The van der Waals surface area contributed by atoms with E-state index < -0.39 is 0 Å². The third kappa shape index (κ3) is 4.70. The molecule has 3 aromatic rings. The highest BCUT2D eigenvalue weighted by Gasteiger charge is 2.16. The highest BCUT2D eigenvalue weighted by molar-refractivity contribution is 7.80. The van der Waals surface area contributed by atoms with E-state index in [1.807, 2.05) is 36.4 Å². The van der Waals surface area contributed by atoms with Crippen LogP contribution in [0.5, 0.6) is 11.5 Å². The van der Waals surface area contributed by atoms with E-state index >= 15 is 0 Å². The Hall–Kier alpha value is -3.57. The second-order valence-corrected chi connectivity index (χ2v) is 7.18. The van der Waals surface area contributed by atoms with Gasteiger partial charge in [0.25, 0.3) is 0 Å². The average Bonchev–Trinajstić information content (AvgIpc) is 3.23. The summed E-state index contributed by atoms with van der Waals surface area (Å²) in [6.45, 7) is 2.26. The van der Waals surface area contributed by atoms with Gasteiger partial charge in [0.05, 0.1) is 11.1 Å². The molecule has 0 bridgehead atoms. The third-order valence-electron chi connectivity index (χ3n) is 4.66. The second-order valence-electron chi connectivity index (χ2n) is 6.77. The Labute approximate surface area is 180 Å². The number of rotatable bonds is 7. The minimum Gasteiger partial charge on any atom is -0.454 e. The molecule has 0 aliphatic carbocycles. The number of fused-ring (bicyclic) bond motifs is 2. The number of benzene rings is 2. The van der Waals surface area contributed by atoms with Gasteiger partial charge in [-0.05, 0) is 36.3 Å². The van der Waals surface area contributed by atoms with Gasteiger partial charge in [-0.2, -0.15) is 5.26 Å². The van der Waals surface area contributed by atoms with Gasteiger partial charge in [-0.25, -0.2) is 4.98 Å². The van der Waals surface area contributed by atoms with Crippen LogP contribution in [-0.2, 0) is 6.54 Å². The molecule has 0 fully saturated rings. The van der Waals surface area contributed by atoms with Gasteiger partial charge in [-0.3, -0.25) is 0 Å². The number of nitrogens with one attached hydrogen (secondary N) is 3. The van der Waals surface area contributed by atoms with Crippen LogP contribution in [0, 0.1) is 11.3 Å². The van der Waals surface area contributed by atoms with Gasteiger partial charge in [-0.1, -0.05) is 30.3 Å². The molecule has 1 aliphatic heterocycles. The van der Waals surface area contributed by atoms with Crippen LogP contribution in [0.1, 0.15) is 17.5 Å². The topological polar surface area (TPSA) is 91.2 Å². The van der Waals surface area contributed by atoms with Crippen LogP contribution in [0.15, 0.2) is 48.5 Å². The zero-order valence-corrected chi connectivity index (χ0v) is 17.1. The molecule has 0 spiro atoms. The molecule has 0 saturated carbocycles. The molecule has 1 aromatic heterocycles. The molecule has 0 atom stereocenters. The summed E-state index contributed by atoms with van der Waals surface area (Å²) in [6.07, 6.45) is 0.818. The molecule has 2 aromatic carbocycles. The van der Waals surface area contributed by atoms with Gasteiger partial charge >= 0.3 is 0 Å². The molecular weight excluding hydrogens is 398 g/mol. The largest absolute Gasteiger partial charge is 0.454 e. The number of hydrogen-bond donors (Lipinski definition) is 3. The lowest BCUT2D eigenvalue weighted by Gasteiger charge is -2.12. The standard InChI is InChI=1S/C22H21N5O2S/c23-12-17-9-16-10-19-20(29-14-28-19)11-18(16)27-21(17)24-7-4-8-25-22(30)26-13-15-5-2-1-3-6-15/h1-3,5-6,9-11H,4,7-8,13-14H2,(H,24,27)(H2,25,26,30). The van der Waals surface area contributed by atoms with E-state index in [1.54, 1.807) is 0 Å². The third-order valence-corrected chi connectivity index (χ3v) is 4.95. The Morgan fingerprint density at radius 1 is 1.07 bits per heavy atom. The Balaban J connectivity index is 1.27. The van der Waals surface area contributed by atoms with Crippen LogP contribution in [0.25, 0.3) is 10.9 Å². The molecule has 3 N–H and O–H groups in total. The van der Waals surface area contributed by atoms with Crippen molar-refractivity contribution in [1.82, 2.24) is 15.6 Å². The zero-order valence-electron chi connectivity index (χ0n) is 16.3. The van der Waals surface area contributed by atoms with E-state index in [1.165, 1.54) is 5.56 Å². The maximum atomic E-state index is 9.48. The number of nitriles is 1. The number of nitrogens with zero attached hydrogens (tertiary/aromatic N) is 2. The van der Waals surface area contributed by atoms with Crippen molar-refractivity contribution in [3.05, 3.63) is 59.7 Å². The predicted octanol–water partition coefficient (Wildman–Crippen LogP) is 3.30. The lowest BCUT2D eigenvalue weighted by atomic mass is 10.1. The van der Waals surface area contributed by atoms with Crippen LogP contribution in [0.4, 0.5) is 5.82 Å². The van der Waals surface area contributed by atoms with Crippen molar-refractivity contribution in [3.63, 3.8) is 0 Å². The quantitative estimate of drug-likeness (QED) is 0.397. The summed E-state index contributed by atoms with van der Waals surface area (Å²) < 4.78 is 10.8. The summed E-state index contributed by atoms with van der Waals surface area (Å²) in [5, 5.41) is 20.6. The number of ether oxygens (including phenoxy) is 2. The highest BCUT2D eigenvalue weighted by Crippen LogP contribution is 2.36. The molecule has 0 radical (unpaired) electrons. The van der Waals surface area contributed by atoms with E-state index in [9.17, 15) is 5.26 Å². The van der Waals surface area contributed by atoms with Gasteiger partial charge in [0.15, 0.2) is 16.6 Å². The van der Waals surface area contributed by atoms with Gasteiger partial charge < -0.3 is 25.4 Å². The molecule has 0 saturated heterocycles. The Morgan fingerprint density at radius 3 is 2.67 bits per heavy atom. The number of pyridine rings is 1. The van der Waals surface area contributed by atoms with Gasteiger partial charge in [0.2, 0.25) is 6.79 Å². The number of hydrogen-bond acceptors (Lipinski definition) is 6. The number of thiocarbonyl (C=S) groups is 1. The lowest BCUT2D eigenvalue weighted by Crippen LogP contribution is -2.35. The van der Waals surface area contributed by atoms with E-state index in [0.717, 1.165) is 17.3 Å². The van der Waals surface area contributed by atoms with Crippen molar-refractivity contribution >= 4 is 34.1 Å². The van der Waals surface area contributed by atoms with Crippen LogP contribution in [0.2, 0.25) is 0 Å². The summed E-state index contributed by atoms with van der Waals surface area (Å²) in [5.74, 6) is 1.91. The maximum absolute atomic E-state index is 9.48. The first-order valence-corrected chi connectivity index (χ1v) is 10.1. The van der Waals surface area contributed by atoms with E-state index in [-0.39, 0.29) is 6.79 Å². The fourth-order valence-electron chi connectivity index (χ4n) is 3.12. The molecule has 2 heterocycles. The average molecular weight is 420 g/mol. The second kappa shape index (κ2) is 9.29. The summed E-state index contributed by atoms with van der Waals surface area (Å²) >= 11 is 5.31.